The number of aromatic amines is 1. The minimum atomic E-state index is -0.566. The quantitative estimate of drug-likeness (QED) is 0.640. The maximum Gasteiger partial charge on any atom is 0.251 e. The Labute approximate surface area is 121 Å². The van der Waals surface area contributed by atoms with E-state index in [2.05, 4.69) is 10.3 Å². The lowest BCUT2D eigenvalue weighted by atomic mass is 10.1. The van der Waals surface area contributed by atoms with Gasteiger partial charge in [-0.1, -0.05) is 30.3 Å². The summed E-state index contributed by atoms with van der Waals surface area (Å²) in [6.07, 6.45) is 0.470. The number of rotatable bonds is 5. The van der Waals surface area contributed by atoms with Gasteiger partial charge in [-0.2, -0.15) is 0 Å². The Bertz CT molecular complexity index is 667. The topological polar surface area (TPSA) is 102 Å². The summed E-state index contributed by atoms with van der Waals surface area (Å²) in [6, 6.07) is 11.2. The zero-order chi connectivity index (χ0) is 15.2. The molecule has 1 aromatic carbocycles. The molecule has 0 radical (unpaired) electrons. The van der Waals surface area contributed by atoms with Gasteiger partial charge in [0.2, 0.25) is 0 Å². The van der Waals surface area contributed by atoms with Gasteiger partial charge < -0.3 is 15.5 Å². The zero-order valence-corrected chi connectivity index (χ0v) is 11.2. The first-order valence-corrected chi connectivity index (χ1v) is 6.47. The molecule has 1 heterocycles. The van der Waals surface area contributed by atoms with Gasteiger partial charge >= 0.3 is 0 Å². The molecule has 0 aliphatic rings. The van der Waals surface area contributed by atoms with Crippen LogP contribution in [0.2, 0.25) is 0 Å². The molecule has 0 aliphatic carbocycles. The van der Waals surface area contributed by atoms with Crippen LogP contribution in [-0.4, -0.2) is 33.8 Å². The van der Waals surface area contributed by atoms with Crippen molar-refractivity contribution in [2.45, 2.75) is 12.5 Å². The number of aromatic nitrogens is 1. The number of aliphatic hydroxyl groups is 1. The van der Waals surface area contributed by atoms with Gasteiger partial charge in [0.25, 0.3) is 11.5 Å². The first-order valence-electron chi connectivity index (χ1n) is 6.47. The van der Waals surface area contributed by atoms with Crippen LogP contribution < -0.4 is 10.9 Å². The fourth-order valence-electron chi connectivity index (χ4n) is 1.99. The van der Waals surface area contributed by atoms with Crippen molar-refractivity contribution in [1.29, 1.82) is 0 Å². The second-order valence-electron chi connectivity index (χ2n) is 4.66. The molecule has 0 saturated heterocycles. The number of aromatic hydroxyl groups is 1. The van der Waals surface area contributed by atoms with Crippen molar-refractivity contribution in [1.82, 2.24) is 10.3 Å². The molecule has 0 aliphatic heterocycles. The molecule has 0 saturated carbocycles. The summed E-state index contributed by atoms with van der Waals surface area (Å²) in [5.74, 6) is -0.900. The van der Waals surface area contributed by atoms with Crippen LogP contribution in [0.4, 0.5) is 0 Å². The van der Waals surface area contributed by atoms with Crippen LogP contribution in [0.3, 0.4) is 0 Å². The second kappa shape index (κ2) is 6.71. The molecule has 1 atom stereocenters. The molecular formula is C15H16N2O4. The highest BCUT2D eigenvalue weighted by Gasteiger charge is 2.14. The van der Waals surface area contributed by atoms with Gasteiger partial charge in [0.1, 0.15) is 0 Å². The number of H-pyrrole nitrogens is 1. The monoisotopic (exact) mass is 288 g/mol. The molecule has 6 nitrogen and oxygen atoms in total. The molecular weight excluding hydrogens is 272 g/mol. The summed E-state index contributed by atoms with van der Waals surface area (Å²) in [6.45, 7) is -0.226. The number of carbonyl (C=O) groups excluding carboxylic acids is 1. The first-order chi connectivity index (χ1) is 10.1. The Balaban J connectivity index is 2.07. The van der Waals surface area contributed by atoms with Crippen LogP contribution in [0.5, 0.6) is 5.88 Å². The van der Waals surface area contributed by atoms with Crippen LogP contribution >= 0.6 is 0 Å². The van der Waals surface area contributed by atoms with E-state index < -0.39 is 17.5 Å². The van der Waals surface area contributed by atoms with Crippen molar-refractivity contribution in [2.75, 3.05) is 6.61 Å². The third-order valence-corrected chi connectivity index (χ3v) is 2.97. The van der Waals surface area contributed by atoms with Gasteiger partial charge in [-0.15, -0.1) is 0 Å². The number of aliphatic hydroxyl groups excluding tert-OH is 1. The van der Waals surface area contributed by atoms with E-state index in [1.165, 1.54) is 0 Å². The molecule has 1 amide bonds. The summed E-state index contributed by atoms with van der Waals surface area (Å²) in [5, 5.41) is 21.3. The van der Waals surface area contributed by atoms with Crippen LogP contribution in [0.1, 0.15) is 15.9 Å². The molecule has 21 heavy (non-hydrogen) atoms. The molecule has 0 spiro atoms. The van der Waals surface area contributed by atoms with E-state index in [0.717, 1.165) is 17.7 Å². The Morgan fingerprint density at radius 1 is 1.24 bits per heavy atom. The number of carbonyl (C=O) groups is 1. The fraction of sp³-hybridized carbons (Fsp3) is 0.200. The number of hydrogen-bond donors (Lipinski definition) is 4. The van der Waals surface area contributed by atoms with Crippen molar-refractivity contribution >= 4 is 5.91 Å². The van der Waals surface area contributed by atoms with E-state index in [9.17, 15) is 19.8 Å². The maximum absolute atomic E-state index is 12.0. The smallest absolute Gasteiger partial charge is 0.251 e. The lowest BCUT2D eigenvalue weighted by Gasteiger charge is -2.16. The van der Waals surface area contributed by atoms with Gasteiger partial charge in [0.15, 0.2) is 5.88 Å². The van der Waals surface area contributed by atoms with Gasteiger partial charge in [-0.3, -0.25) is 14.6 Å². The number of benzene rings is 1. The van der Waals surface area contributed by atoms with Gasteiger partial charge in [-0.25, -0.2) is 0 Å². The number of nitrogens with one attached hydrogen (secondary N) is 2. The Kier molecular flexibility index (Phi) is 4.73. The van der Waals surface area contributed by atoms with Crippen LogP contribution in [0, 0.1) is 0 Å². The SMILES string of the molecule is O=C(N[C@@H](CO)Cc1ccccc1)c1cc(O)[nH]c(=O)c1. The highest BCUT2D eigenvalue weighted by atomic mass is 16.3. The van der Waals surface area contributed by atoms with E-state index in [4.69, 9.17) is 0 Å². The Morgan fingerprint density at radius 3 is 2.57 bits per heavy atom. The van der Waals surface area contributed by atoms with Crippen molar-refractivity contribution in [3.8, 4) is 5.88 Å². The second-order valence-corrected chi connectivity index (χ2v) is 4.66. The molecule has 1 aromatic heterocycles. The van der Waals surface area contributed by atoms with Crippen molar-refractivity contribution in [2.24, 2.45) is 0 Å². The van der Waals surface area contributed by atoms with Crippen LogP contribution in [0.25, 0.3) is 0 Å². The molecule has 6 heteroatoms. The standard InChI is InChI=1S/C15H16N2O4/c18-9-12(6-10-4-2-1-3-5-10)16-15(21)11-7-13(19)17-14(20)8-11/h1-5,7-8,12,18H,6,9H2,(H,16,21)(H2,17,19,20)/t12-/m1/s1. The molecule has 110 valence electrons. The maximum atomic E-state index is 12.0. The number of pyridine rings is 1. The summed E-state index contributed by atoms with van der Waals surface area (Å²) >= 11 is 0. The van der Waals surface area contributed by atoms with Crippen molar-refractivity contribution in [3.05, 3.63) is 63.9 Å². The van der Waals surface area contributed by atoms with Gasteiger partial charge in [0, 0.05) is 12.1 Å². The lowest BCUT2D eigenvalue weighted by Crippen LogP contribution is -2.39. The molecule has 2 aromatic rings. The number of amides is 1. The molecule has 0 bridgehead atoms. The molecule has 0 unspecified atom stereocenters. The Hall–Kier alpha value is -2.60. The van der Waals surface area contributed by atoms with E-state index in [1.807, 2.05) is 30.3 Å². The fourth-order valence-corrected chi connectivity index (χ4v) is 1.99. The highest BCUT2D eigenvalue weighted by molar-refractivity contribution is 5.94. The zero-order valence-electron chi connectivity index (χ0n) is 11.2. The third-order valence-electron chi connectivity index (χ3n) is 2.97. The predicted molar refractivity (Wildman–Crippen MR) is 77.2 cm³/mol. The average Bonchev–Trinajstić information content (AvgIpc) is 2.46. The largest absolute Gasteiger partial charge is 0.494 e. The average molecular weight is 288 g/mol. The van der Waals surface area contributed by atoms with Gasteiger partial charge in [0.05, 0.1) is 18.2 Å². The number of hydrogen-bond acceptors (Lipinski definition) is 4. The molecule has 0 fully saturated rings. The summed E-state index contributed by atoms with van der Waals surface area (Å²) < 4.78 is 0. The minimum absolute atomic E-state index is 0.0442. The normalized spacial score (nSPS) is 11.9. The van der Waals surface area contributed by atoms with Crippen LogP contribution in [-0.2, 0) is 6.42 Å². The minimum Gasteiger partial charge on any atom is -0.494 e. The summed E-state index contributed by atoms with van der Waals surface area (Å²) in [5.41, 5.74) is 0.456. The molecule has 4 N–H and O–H groups in total. The Morgan fingerprint density at radius 2 is 1.95 bits per heavy atom. The van der Waals surface area contributed by atoms with Crippen molar-refractivity contribution in [3.63, 3.8) is 0 Å². The van der Waals surface area contributed by atoms with Crippen molar-refractivity contribution < 1.29 is 15.0 Å². The van der Waals surface area contributed by atoms with E-state index >= 15 is 0 Å². The van der Waals surface area contributed by atoms with E-state index in [1.54, 1.807) is 0 Å². The lowest BCUT2D eigenvalue weighted by molar-refractivity contribution is 0.0916. The van der Waals surface area contributed by atoms with E-state index in [-0.39, 0.29) is 18.1 Å². The third kappa shape index (κ3) is 4.19. The van der Waals surface area contributed by atoms with Gasteiger partial charge in [-0.05, 0) is 12.0 Å². The van der Waals surface area contributed by atoms with E-state index in [0.29, 0.717) is 6.42 Å². The summed E-state index contributed by atoms with van der Waals surface area (Å²) in [7, 11) is 0. The molecule has 2 rings (SSSR count). The highest BCUT2D eigenvalue weighted by Crippen LogP contribution is 2.06. The first kappa shape index (κ1) is 14.8. The predicted octanol–water partition coefficient (Wildman–Crippen LogP) is 0.414. The summed E-state index contributed by atoms with van der Waals surface area (Å²) in [4.78, 5) is 25.4. The van der Waals surface area contributed by atoms with Crippen LogP contribution in [0.15, 0.2) is 47.3 Å².